The number of aryl methyl sites for hydroxylation is 1. The molecule has 27 heavy (non-hydrogen) atoms. The van der Waals surface area contributed by atoms with E-state index in [9.17, 15) is 8.42 Å². The third-order valence-corrected chi connectivity index (χ3v) is 7.66. The number of sulfonamides is 1. The molecule has 0 spiro atoms. The number of benzene rings is 2. The van der Waals surface area contributed by atoms with Gasteiger partial charge in [0.2, 0.25) is 0 Å². The predicted octanol–water partition coefficient (Wildman–Crippen LogP) is 5.20. The first-order chi connectivity index (χ1) is 12.8. The van der Waals surface area contributed by atoms with Crippen molar-refractivity contribution in [3.63, 3.8) is 0 Å². The molecule has 4 heteroatoms. The van der Waals surface area contributed by atoms with Crippen molar-refractivity contribution in [2.45, 2.75) is 44.6 Å². The summed E-state index contributed by atoms with van der Waals surface area (Å²) in [4.78, 5) is 0.343. The van der Waals surface area contributed by atoms with Crippen LogP contribution in [-0.2, 0) is 10.0 Å². The first kappa shape index (κ1) is 18.1. The van der Waals surface area contributed by atoms with Crippen molar-refractivity contribution >= 4 is 15.7 Å². The number of fused-ring (bicyclic) bond motifs is 2. The standard InChI is InChI=1S/C23H25NO2S/c1-15(2)19-13-14-22-23(19)17(4)20-7-5-6-8-21(20)24(22)27(25,26)18-11-9-16(3)10-12-18/h5-14,17,22-23H,1-4H3/t17-,22+,23-/m1/s1. The Labute approximate surface area is 162 Å². The summed E-state index contributed by atoms with van der Waals surface area (Å²) in [5, 5.41) is 0. The highest BCUT2D eigenvalue weighted by molar-refractivity contribution is 7.92. The van der Waals surface area contributed by atoms with Crippen molar-refractivity contribution in [1.29, 1.82) is 0 Å². The number of allylic oxidation sites excluding steroid dienone is 2. The van der Waals surface area contributed by atoms with Crippen molar-refractivity contribution in [3.05, 3.63) is 83.0 Å². The van der Waals surface area contributed by atoms with Crippen LogP contribution in [0.15, 0.2) is 76.7 Å². The smallest absolute Gasteiger partial charge is 0.259 e. The lowest BCUT2D eigenvalue weighted by molar-refractivity contribution is 0.461. The first-order valence-corrected chi connectivity index (χ1v) is 10.8. The largest absolute Gasteiger partial charge is 0.264 e. The van der Waals surface area contributed by atoms with E-state index in [2.05, 4.69) is 39.0 Å². The summed E-state index contributed by atoms with van der Waals surface area (Å²) < 4.78 is 29.0. The van der Waals surface area contributed by atoms with Crippen molar-refractivity contribution in [2.24, 2.45) is 5.92 Å². The Morgan fingerprint density at radius 3 is 2.33 bits per heavy atom. The molecule has 0 aromatic heterocycles. The quantitative estimate of drug-likeness (QED) is 0.719. The molecule has 0 fully saturated rings. The lowest BCUT2D eigenvalue weighted by Gasteiger charge is -2.43. The minimum atomic E-state index is -3.66. The topological polar surface area (TPSA) is 37.4 Å². The maximum atomic E-state index is 13.7. The lowest BCUT2D eigenvalue weighted by atomic mass is 9.76. The Balaban J connectivity index is 1.93. The molecule has 3 nitrogen and oxygen atoms in total. The Kier molecular flexibility index (Phi) is 4.26. The van der Waals surface area contributed by atoms with Gasteiger partial charge in [0.05, 0.1) is 16.6 Å². The number of hydrogen-bond acceptors (Lipinski definition) is 2. The first-order valence-electron chi connectivity index (χ1n) is 9.38. The van der Waals surface area contributed by atoms with Gasteiger partial charge in [-0.3, -0.25) is 4.31 Å². The molecule has 0 radical (unpaired) electrons. The van der Waals surface area contributed by atoms with E-state index in [1.165, 1.54) is 11.1 Å². The van der Waals surface area contributed by atoms with E-state index in [0.29, 0.717) is 4.90 Å². The Hall–Kier alpha value is -2.33. The summed E-state index contributed by atoms with van der Waals surface area (Å²) >= 11 is 0. The summed E-state index contributed by atoms with van der Waals surface area (Å²) in [5.41, 5.74) is 5.44. The molecule has 0 amide bonds. The molecular weight excluding hydrogens is 354 g/mol. The molecule has 0 saturated carbocycles. The monoisotopic (exact) mass is 379 g/mol. The van der Waals surface area contributed by atoms with Gasteiger partial charge in [-0.25, -0.2) is 8.42 Å². The molecule has 0 saturated heterocycles. The van der Waals surface area contributed by atoms with Gasteiger partial charge < -0.3 is 0 Å². The predicted molar refractivity (Wildman–Crippen MR) is 110 cm³/mol. The second kappa shape index (κ2) is 6.38. The Morgan fingerprint density at radius 1 is 1.00 bits per heavy atom. The molecule has 0 unspecified atom stereocenters. The van der Waals surface area contributed by atoms with Crippen LogP contribution in [0, 0.1) is 12.8 Å². The van der Waals surface area contributed by atoms with Crippen molar-refractivity contribution in [3.8, 4) is 0 Å². The number of rotatable bonds is 2. The minimum Gasteiger partial charge on any atom is -0.259 e. The van der Waals surface area contributed by atoms with E-state index < -0.39 is 10.0 Å². The van der Waals surface area contributed by atoms with Gasteiger partial charge in [-0.1, -0.05) is 60.5 Å². The van der Waals surface area contributed by atoms with Crippen molar-refractivity contribution in [1.82, 2.24) is 0 Å². The van der Waals surface area contributed by atoms with Crippen LogP contribution in [0.3, 0.4) is 0 Å². The fourth-order valence-electron chi connectivity index (χ4n) is 4.45. The third-order valence-electron chi connectivity index (χ3n) is 5.83. The number of anilines is 1. The van der Waals surface area contributed by atoms with E-state index in [1.54, 1.807) is 16.4 Å². The molecule has 0 N–H and O–H groups in total. The Morgan fingerprint density at radius 2 is 1.67 bits per heavy atom. The van der Waals surface area contributed by atoms with E-state index in [1.807, 2.05) is 37.3 Å². The highest BCUT2D eigenvalue weighted by Gasteiger charge is 2.46. The molecule has 1 heterocycles. The van der Waals surface area contributed by atoms with Gasteiger partial charge in [0.15, 0.2) is 0 Å². The van der Waals surface area contributed by atoms with Gasteiger partial charge in [-0.2, -0.15) is 0 Å². The second-order valence-electron chi connectivity index (χ2n) is 7.79. The molecule has 2 aromatic rings. The zero-order valence-corrected chi connectivity index (χ0v) is 17.0. The fraction of sp³-hybridized carbons (Fsp3) is 0.304. The lowest BCUT2D eigenvalue weighted by Crippen LogP contribution is -2.47. The summed E-state index contributed by atoms with van der Waals surface area (Å²) in [5.74, 6) is 0.403. The van der Waals surface area contributed by atoms with Gasteiger partial charge in [0, 0.05) is 5.92 Å². The summed E-state index contributed by atoms with van der Waals surface area (Å²) in [6, 6.07) is 14.9. The molecular formula is C23H25NO2S. The number of nitrogens with zero attached hydrogens (tertiary/aromatic N) is 1. The van der Waals surface area contributed by atoms with Crippen molar-refractivity contribution in [2.75, 3.05) is 4.31 Å². The number of para-hydroxylation sites is 1. The van der Waals surface area contributed by atoms with Crippen LogP contribution in [0.5, 0.6) is 0 Å². The zero-order valence-electron chi connectivity index (χ0n) is 16.2. The summed E-state index contributed by atoms with van der Waals surface area (Å²) in [7, 11) is -3.66. The maximum absolute atomic E-state index is 13.7. The molecule has 4 rings (SSSR count). The molecule has 1 aliphatic carbocycles. The highest BCUT2D eigenvalue weighted by Crippen LogP contribution is 2.50. The molecule has 0 bridgehead atoms. The van der Waals surface area contributed by atoms with Crippen LogP contribution in [0.4, 0.5) is 5.69 Å². The average Bonchev–Trinajstić information content (AvgIpc) is 3.07. The molecule has 3 atom stereocenters. The van der Waals surface area contributed by atoms with Crippen molar-refractivity contribution < 1.29 is 8.42 Å². The van der Waals surface area contributed by atoms with E-state index >= 15 is 0 Å². The molecule has 2 aromatic carbocycles. The molecule has 140 valence electrons. The van der Waals surface area contributed by atoms with Gasteiger partial charge in [0.25, 0.3) is 10.0 Å². The number of hydrogen-bond donors (Lipinski definition) is 0. The van der Waals surface area contributed by atoms with Gasteiger partial charge in [-0.05, 0) is 56.0 Å². The van der Waals surface area contributed by atoms with Gasteiger partial charge in [0.1, 0.15) is 0 Å². The van der Waals surface area contributed by atoms with Crippen LogP contribution in [0.25, 0.3) is 0 Å². The highest BCUT2D eigenvalue weighted by atomic mass is 32.2. The summed E-state index contributed by atoms with van der Waals surface area (Å²) in [6.07, 6.45) is 4.18. The SMILES string of the molecule is CC(C)=C1C=C[C@H]2[C@@H]1[C@H](C)c1ccccc1N2S(=O)(=O)c1ccc(C)cc1. The fourth-order valence-corrected chi connectivity index (χ4v) is 6.10. The second-order valence-corrected chi connectivity index (χ2v) is 9.61. The van der Waals surface area contributed by atoms with Gasteiger partial charge in [-0.15, -0.1) is 0 Å². The van der Waals surface area contributed by atoms with E-state index in [-0.39, 0.29) is 17.9 Å². The summed E-state index contributed by atoms with van der Waals surface area (Å²) in [6.45, 7) is 8.38. The molecule has 2 aliphatic rings. The van der Waals surface area contributed by atoms with Crippen LogP contribution < -0.4 is 4.31 Å². The molecule has 1 aliphatic heterocycles. The maximum Gasteiger partial charge on any atom is 0.264 e. The van der Waals surface area contributed by atoms with E-state index in [4.69, 9.17) is 0 Å². The van der Waals surface area contributed by atoms with Crippen LogP contribution in [-0.4, -0.2) is 14.5 Å². The minimum absolute atomic E-state index is 0.144. The third kappa shape index (κ3) is 2.74. The normalized spacial score (nSPS) is 23.9. The van der Waals surface area contributed by atoms with Gasteiger partial charge >= 0.3 is 0 Å². The average molecular weight is 380 g/mol. The Bertz CT molecular complexity index is 1040. The van der Waals surface area contributed by atoms with Crippen LogP contribution in [0.2, 0.25) is 0 Å². The zero-order chi connectivity index (χ0) is 19.3. The van der Waals surface area contributed by atoms with E-state index in [0.717, 1.165) is 16.8 Å². The van der Waals surface area contributed by atoms with Crippen LogP contribution >= 0.6 is 0 Å². The van der Waals surface area contributed by atoms with Crippen LogP contribution in [0.1, 0.15) is 37.8 Å².